The van der Waals surface area contributed by atoms with E-state index in [0.717, 1.165) is 0 Å². The third-order valence-corrected chi connectivity index (χ3v) is 1.77. The number of ketones is 1. The summed E-state index contributed by atoms with van der Waals surface area (Å²) in [5.41, 5.74) is 0.336. The number of carbonyl (C=O) groups excluding carboxylic acids is 1. The maximum Gasteiger partial charge on any atom is 0.335 e. The fraction of sp³-hybridized carbons (Fsp3) is 0.111. The molecule has 0 aromatic heterocycles. The largest absolute Gasteiger partial charge is 0.478 e. The number of Topliss-reactive ketones (excluding diaryl/α,β-unsaturated/α-hetero) is 1. The van der Waals surface area contributed by atoms with E-state index in [1.54, 1.807) is 0 Å². The Morgan fingerprint density at radius 3 is 2.23 bits per heavy atom. The van der Waals surface area contributed by atoms with Crippen molar-refractivity contribution in [2.45, 2.75) is 6.92 Å². The van der Waals surface area contributed by atoms with E-state index >= 15 is 0 Å². The van der Waals surface area contributed by atoms with Gasteiger partial charge in [-0.1, -0.05) is 11.6 Å². The lowest BCUT2D eigenvalue weighted by molar-refractivity contribution is 0.0697. The summed E-state index contributed by atoms with van der Waals surface area (Å²) >= 11 is 5.62. The van der Waals surface area contributed by atoms with Crippen molar-refractivity contribution in [2.24, 2.45) is 0 Å². The predicted molar refractivity (Wildman–Crippen MR) is 48.4 cm³/mol. The van der Waals surface area contributed by atoms with E-state index in [1.807, 2.05) is 0 Å². The van der Waals surface area contributed by atoms with E-state index in [1.165, 1.54) is 25.1 Å². The first-order valence-corrected chi connectivity index (χ1v) is 3.93. The molecule has 0 heterocycles. The van der Waals surface area contributed by atoms with Gasteiger partial charge in [-0.3, -0.25) is 4.79 Å². The lowest BCUT2D eigenvalue weighted by Crippen LogP contribution is -2.00. The van der Waals surface area contributed by atoms with Crippen LogP contribution in [0.3, 0.4) is 0 Å². The van der Waals surface area contributed by atoms with Crippen molar-refractivity contribution >= 4 is 23.4 Å². The number of halogens is 1. The zero-order chi connectivity index (χ0) is 10.0. The van der Waals surface area contributed by atoms with Crippen molar-refractivity contribution in [3.05, 3.63) is 34.3 Å². The van der Waals surface area contributed by atoms with Gasteiger partial charge in [0.1, 0.15) is 0 Å². The van der Waals surface area contributed by atoms with Gasteiger partial charge < -0.3 is 5.11 Å². The highest BCUT2D eigenvalue weighted by molar-refractivity contribution is 6.31. The summed E-state index contributed by atoms with van der Waals surface area (Å²) in [5.74, 6) is -1.30. The number of hydrogen-bond donors (Lipinski definition) is 1. The fourth-order valence-corrected chi connectivity index (χ4v) is 1.15. The van der Waals surface area contributed by atoms with E-state index < -0.39 is 5.97 Å². The maximum absolute atomic E-state index is 10.9. The minimum absolute atomic E-state index is 0.0256. The molecular formula is C9H7ClO3. The molecule has 3 nitrogen and oxygen atoms in total. The SMILES string of the molecule is CC(=O)c1cc(Cl)cc(C(=O)O)c1. The van der Waals surface area contributed by atoms with Gasteiger partial charge >= 0.3 is 5.97 Å². The molecule has 0 amide bonds. The van der Waals surface area contributed by atoms with Crippen molar-refractivity contribution in [3.63, 3.8) is 0 Å². The van der Waals surface area contributed by atoms with Crippen LogP contribution in [-0.2, 0) is 0 Å². The van der Waals surface area contributed by atoms with E-state index in [2.05, 4.69) is 0 Å². The summed E-state index contributed by atoms with van der Waals surface area (Å²) in [6.45, 7) is 1.36. The third kappa shape index (κ3) is 2.29. The van der Waals surface area contributed by atoms with Crippen LogP contribution >= 0.6 is 11.6 Å². The van der Waals surface area contributed by atoms with Crippen LogP contribution in [0.4, 0.5) is 0 Å². The van der Waals surface area contributed by atoms with E-state index in [4.69, 9.17) is 16.7 Å². The molecule has 0 unspecified atom stereocenters. The summed E-state index contributed by atoms with van der Waals surface area (Å²) in [6.07, 6.45) is 0. The first-order valence-electron chi connectivity index (χ1n) is 3.55. The Morgan fingerprint density at radius 2 is 1.77 bits per heavy atom. The van der Waals surface area contributed by atoms with E-state index in [9.17, 15) is 9.59 Å². The highest BCUT2D eigenvalue weighted by Crippen LogP contribution is 2.15. The topological polar surface area (TPSA) is 54.4 Å². The van der Waals surface area contributed by atoms with Crippen molar-refractivity contribution in [2.75, 3.05) is 0 Å². The van der Waals surface area contributed by atoms with E-state index in [0.29, 0.717) is 5.56 Å². The Labute approximate surface area is 79.9 Å². The summed E-state index contributed by atoms with van der Waals surface area (Å²) in [5, 5.41) is 8.90. The second-order valence-corrected chi connectivity index (χ2v) is 3.03. The Kier molecular flexibility index (Phi) is 2.68. The highest BCUT2D eigenvalue weighted by Gasteiger charge is 2.08. The molecular weight excluding hydrogens is 192 g/mol. The molecule has 0 atom stereocenters. The summed E-state index contributed by atoms with van der Waals surface area (Å²) < 4.78 is 0. The van der Waals surface area contributed by atoms with Crippen molar-refractivity contribution in [3.8, 4) is 0 Å². The van der Waals surface area contributed by atoms with Gasteiger partial charge in [-0.2, -0.15) is 0 Å². The van der Waals surface area contributed by atoms with Gasteiger partial charge in [-0.25, -0.2) is 4.79 Å². The van der Waals surface area contributed by atoms with Gasteiger partial charge in [0.25, 0.3) is 0 Å². The number of hydrogen-bond acceptors (Lipinski definition) is 2. The number of benzene rings is 1. The first-order chi connectivity index (χ1) is 6.00. The zero-order valence-corrected chi connectivity index (χ0v) is 7.63. The van der Waals surface area contributed by atoms with Crippen LogP contribution < -0.4 is 0 Å². The van der Waals surface area contributed by atoms with Gasteiger partial charge in [-0.05, 0) is 25.1 Å². The van der Waals surface area contributed by atoms with Gasteiger partial charge in [0, 0.05) is 10.6 Å². The molecule has 0 saturated heterocycles. The van der Waals surface area contributed by atoms with Crippen LogP contribution in [0, 0.1) is 0 Å². The molecule has 0 bridgehead atoms. The molecule has 0 radical (unpaired) electrons. The molecule has 0 fully saturated rings. The molecule has 1 N–H and O–H groups in total. The van der Waals surface area contributed by atoms with Gasteiger partial charge in [0.05, 0.1) is 5.56 Å². The fourth-order valence-electron chi connectivity index (χ4n) is 0.916. The van der Waals surface area contributed by atoms with E-state index in [-0.39, 0.29) is 16.4 Å². The molecule has 13 heavy (non-hydrogen) atoms. The lowest BCUT2D eigenvalue weighted by Gasteiger charge is -1.99. The monoisotopic (exact) mass is 198 g/mol. The lowest BCUT2D eigenvalue weighted by atomic mass is 10.1. The third-order valence-electron chi connectivity index (χ3n) is 1.55. The number of carbonyl (C=O) groups is 2. The Balaban J connectivity index is 3.26. The molecule has 0 aliphatic heterocycles. The van der Waals surface area contributed by atoms with Crippen molar-refractivity contribution in [1.29, 1.82) is 0 Å². The average Bonchev–Trinajstić information content (AvgIpc) is 2.03. The summed E-state index contributed by atoms with van der Waals surface area (Å²) in [4.78, 5) is 21.5. The summed E-state index contributed by atoms with van der Waals surface area (Å²) in [7, 11) is 0. The molecule has 1 aromatic carbocycles. The predicted octanol–water partition coefficient (Wildman–Crippen LogP) is 2.24. The van der Waals surface area contributed by atoms with Crippen LogP contribution in [0.5, 0.6) is 0 Å². The highest BCUT2D eigenvalue weighted by atomic mass is 35.5. The van der Waals surface area contributed by atoms with Crippen molar-refractivity contribution in [1.82, 2.24) is 0 Å². The number of carboxylic acid groups (broad SMARTS) is 1. The average molecular weight is 199 g/mol. The smallest absolute Gasteiger partial charge is 0.335 e. The van der Waals surface area contributed by atoms with Crippen LogP contribution in [0.1, 0.15) is 27.6 Å². The molecule has 1 rings (SSSR count). The van der Waals surface area contributed by atoms with Crippen molar-refractivity contribution < 1.29 is 14.7 Å². The quantitative estimate of drug-likeness (QED) is 0.742. The van der Waals surface area contributed by atoms with Crippen LogP contribution in [0.2, 0.25) is 5.02 Å². The minimum atomic E-state index is -1.09. The number of rotatable bonds is 2. The normalized spacial score (nSPS) is 9.69. The maximum atomic E-state index is 10.9. The zero-order valence-electron chi connectivity index (χ0n) is 6.87. The Hall–Kier alpha value is -1.35. The second kappa shape index (κ2) is 3.58. The first kappa shape index (κ1) is 9.74. The van der Waals surface area contributed by atoms with Crippen LogP contribution in [0.15, 0.2) is 18.2 Å². The molecule has 0 spiro atoms. The molecule has 68 valence electrons. The molecule has 0 saturated carbocycles. The molecule has 4 heteroatoms. The molecule has 1 aromatic rings. The molecule has 0 aliphatic carbocycles. The minimum Gasteiger partial charge on any atom is -0.478 e. The van der Waals surface area contributed by atoms with Gasteiger partial charge in [0.2, 0.25) is 0 Å². The Bertz CT molecular complexity index is 339. The van der Waals surface area contributed by atoms with Gasteiger partial charge in [-0.15, -0.1) is 0 Å². The second-order valence-electron chi connectivity index (χ2n) is 2.59. The number of carboxylic acids is 1. The standard InChI is InChI=1S/C9H7ClO3/c1-5(11)6-2-7(9(12)13)4-8(10)3-6/h2-4H,1H3,(H,12,13). The Morgan fingerprint density at radius 1 is 1.23 bits per heavy atom. The van der Waals surface area contributed by atoms with Crippen LogP contribution in [-0.4, -0.2) is 16.9 Å². The van der Waals surface area contributed by atoms with Gasteiger partial charge in [0.15, 0.2) is 5.78 Å². The molecule has 0 aliphatic rings. The summed E-state index contributed by atoms with van der Waals surface area (Å²) in [6, 6.07) is 4.04. The number of aromatic carboxylic acids is 1. The van der Waals surface area contributed by atoms with Crippen LogP contribution in [0.25, 0.3) is 0 Å².